The molecular weight excluding hydrogens is 368 g/mol. The van der Waals surface area contributed by atoms with Crippen molar-refractivity contribution < 1.29 is 24.2 Å². The number of aliphatic carboxylic acids is 1. The fourth-order valence-corrected chi connectivity index (χ4v) is 3.67. The second kappa shape index (κ2) is 8.94. The lowest BCUT2D eigenvalue weighted by Crippen LogP contribution is -2.35. The molecule has 1 amide bonds. The Bertz CT molecular complexity index is 786. The van der Waals surface area contributed by atoms with E-state index in [2.05, 4.69) is 4.99 Å². The molecule has 1 fully saturated rings. The van der Waals surface area contributed by atoms with E-state index in [1.807, 2.05) is 27.7 Å². The van der Waals surface area contributed by atoms with Crippen LogP contribution >= 0.6 is 11.8 Å². The largest absolute Gasteiger partial charge is 0.546 e. The van der Waals surface area contributed by atoms with Crippen molar-refractivity contribution in [3.63, 3.8) is 0 Å². The van der Waals surface area contributed by atoms with E-state index in [1.165, 1.54) is 18.9 Å². The van der Waals surface area contributed by atoms with Gasteiger partial charge in [-0.05, 0) is 63.2 Å². The van der Waals surface area contributed by atoms with Gasteiger partial charge in [0.15, 0.2) is 16.7 Å². The maximum atomic E-state index is 12.8. The SMILES string of the molecule is COc1cc(/C=C2/SC(=NC(C)C)N(C(C)C)C2=O)ccc1OCC(=O)[O-]. The molecule has 27 heavy (non-hydrogen) atoms. The number of amidine groups is 1. The average molecular weight is 391 g/mol. The Morgan fingerprint density at radius 2 is 2.00 bits per heavy atom. The summed E-state index contributed by atoms with van der Waals surface area (Å²) in [5, 5.41) is 11.2. The molecule has 146 valence electrons. The lowest BCUT2D eigenvalue weighted by atomic mass is 10.1. The van der Waals surface area contributed by atoms with Crippen molar-refractivity contribution in [3.05, 3.63) is 28.7 Å². The van der Waals surface area contributed by atoms with Crippen molar-refractivity contribution in [3.8, 4) is 11.5 Å². The van der Waals surface area contributed by atoms with Gasteiger partial charge in [-0.15, -0.1) is 0 Å². The number of hydrogen-bond acceptors (Lipinski definition) is 7. The van der Waals surface area contributed by atoms with E-state index in [1.54, 1.807) is 29.2 Å². The highest BCUT2D eigenvalue weighted by Gasteiger charge is 2.35. The molecular formula is C19H23N2O5S-. The summed E-state index contributed by atoms with van der Waals surface area (Å²) in [4.78, 5) is 30.1. The van der Waals surface area contributed by atoms with Gasteiger partial charge in [-0.2, -0.15) is 0 Å². The second-order valence-corrected chi connectivity index (χ2v) is 7.47. The van der Waals surface area contributed by atoms with E-state index in [-0.39, 0.29) is 18.0 Å². The van der Waals surface area contributed by atoms with Crippen molar-refractivity contribution in [2.45, 2.75) is 39.8 Å². The van der Waals surface area contributed by atoms with Gasteiger partial charge in [0.1, 0.15) is 6.61 Å². The fourth-order valence-electron chi connectivity index (χ4n) is 2.43. The van der Waals surface area contributed by atoms with Gasteiger partial charge < -0.3 is 19.4 Å². The summed E-state index contributed by atoms with van der Waals surface area (Å²) >= 11 is 1.34. The van der Waals surface area contributed by atoms with Crippen molar-refractivity contribution in [1.29, 1.82) is 0 Å². The van der Waals surface area contributed by atoms with Crippen molar-refractivity contribution in [2.24, 2.45) is 4.99 Å². The zero-order valence-corrected chi connectivity index (χ0v) is 16.8. The number of rotatable bonds is 7. The first-order valence-corrected chi connectivity index (χ1v) is 9.36. The third-order valence-corrected chi connectivity index (χ3v) is 4.55. The highest BCUT2D eigenvalue weighted by atomic mass is 32.2. The quantitative estimate of drug-likeness (QED) is 0.660. The molecule has 1 saturated heterocycles. The third kappa shape index (κ3) is 5.26. The number of ether oxygens (including phenoxy) is 2. The average Bonchev–Trinajstić information content (AvgIpc) is 2.88. The number of nitrogens with zero attached hydrogens (tertiary/aromatic N) is 2. The van der Waals surface area contributed by atoms with Crippen LogP contribution in [0.15, 0.2) is 28.1 Å². The predicted octanol–water partition coefficient (Wildman–Crippen LogP) is 1.91. The molecule has 2 rings (SSSR count). The number of thioether (sulfide) groups is 1. The standard InChI is InChI=1S/C19H24N2O5S/c1-11(2)20-19-21(12(3)4)18(24)16(27-19)9-13-6-7-14(15(8-13)25-5)26-10-17(22)23/h6-9,11-12H,10H2,1-5H3,(H,22,23)/p-1/b16-9+,20-19?. The molecule has 0 saturated carbocycles. The summed E-state index contributed by atoms with van der Waals surface area (Å²) < 4.78 is 10.4. The van der Waals surface area contributed by atoms with Crippen LogP contribution in [-0.4, -0.2) is 47.7 Å². The minimum atomic E-state index is -1.32. The normalized spacial score (nSPS) is 17.4. The number of methoxy groups -OCH3 is 1. The van der Waals surface area contributed by atoms with Crippen molar-refractivity contribution in [1.82, 2.24) is 4.90 Å². The Kier molecular flexibility index (Phi) is 6.90. The Morgan fingerprint density at radius 1 is 1.30 bits per heavy atom. The van der Waals surface area contributed by atoms with Crippen LogP contribution in [0.3, 0.4) is 0 Å². The number of carboxylic acids is 1. The predicted molar refractivity (Wildman–Crippen MR) is 104 cm³/mol. The molecule has 1 aliphatic heterocycles. The molecule has 0 radical (unpaired) electrons. The minimum Gasteiger partial charge on any atom is -0.546 e. The van der Waals surface area contributed by atoms with Gasteiger partial charge in [0.05, 0.1) is 18.0 Å². The molecule has 0 spiro atoms. The minimum absolute atomic E-state index is 0.00309. The molecule has 0 bridgehead atoms. The van der Waals surface area contributed by atoms with E-state index in [9.17, 15) is 14.7 Å². The molecule has 1 aromatic rings. The molecule has 1 aliphatic rings. The highest BCUT2D eigenvalue weighted by Crippen LogP contribution is 2.36. The van der Waals surface area contributed by atoms with Gasteiger partial charge >= 0.3 is 0 Å². The molecule has 1 aromatic carbocycles. The van der Waals surface area contributed by atoms with Gasteiger partial charge in [-0.1, -0.05) is 6.07 Å². The smallest absolute Gasteiger partial charge is 0.266 e. The van der Waals surface area contributed by atoms with Gasteiger partial charge in [-0.25, -0.2) is 0 Å². The Morgan fingerprint density at radius 3 is 2.56 bits per heavy atom. The summed E-state index contributed by atoms with van der Waals surface area (Å²) in [6, 6.07) is 5.10. The summed E-state index contributed by atoms with van der Waals surface area (Å²) in [6.07, 6.45) is 1.76. The van der Waals surface area contributed by atoms with Gasteiger partial charge in [0.2, 0.25) is 0 Å². The number of benzene rings is 1. The van der Waals surface area contributed by atoms with Crippen LogP contribution in [0.5, 0.6) is 11.5 Å². The van der Waals surface area contributed by atoms with E-state index in [4.69, 9.17) is 9.47 Å². The third-order valence-electron chi connectivity index (χ3n) is 3.55. The first kappa shape index (κ1) is 20.8. The number of amides is 1. The maximum Gasteiger partial charge on any atom is 0.266 e. The van der Waals surface area contributed by atoms with Gasteiger partial charge in [-0.3, -0.25) is 14.7 Å². The van der Waals surface area contributed by atoms with Crippen LogP contribution in [0.25, 0.3) is 6.08 Å². The van der Waals surface area contributed by atoms with Crippen LogP contribution in [0.4, 0.5) is 0 Å². The summed E-state index contributed by atoms with van der Waals surface area (Å²) in [7, 11) is 1.46. The fraction of sp³-hybridized carbons (Fsp3) is 0.421. The van der Waals surface area contributed by atoms with Crippen LogP contribution in [0.1, 0.15) is 33.3 Å². The first-order valence-electron chi connectivity index (χ1n) is 8.54. The van der Waals surface area contributed by atoms with Crippen LogP contribution in [0, 0.1) is 0 Å². The first-order chi connectivity index (χ1) is 12.7. The van der Waals surface area contributed by atoms with Crippen molar-refractivity contribution in [2.75, 3.05) is 13.7 Å². The number of aliphatic imine (C=N–C) groups is 1. The molecule has 0 atom stereocenters. The number of carboxylic acid groups (broad SMARTS) is 1. The van der Waals surface area contributed by atoms with E-state index >= 15 is 0 Å². The lowest BCUT2D eigenvalue weighted by molar-refractivity contribution is -0.307. The summed E-state index contributed by atoms with van der Waals surface area (Å²) in [5.74, 6) is -0.745. The monoisotopic (exact) mass is 391 g/mol. The second-order valence-electron chi connectivity index (χ2n) is 6.46. The molecule has 0 N–H and O–H groups in total. The Balaban J connectivity index is 2.32. The molecule has 1 heterocycles. The number of carbonyl (C=O) groups excluding carboxylic acids is 2. The lowest BCUT2D eigenvalue weighted by Gasteiger charge is -2.20. The zero-order valence-electron chi connectivity index (χ0n) is 16.0. The maximum absolute atomic E-state index is 12.8. The van der Waals surface area contributed by atoms with Crippen LogP contribution in [0.2, 0.25) is 0 Å². The van der Waals surface area contributed by atoms with Crippen molar-refractivity contribution >= 4 is 34.9 Å². The molecule has 0 unspecified atom stereocenters. The molecule has 8 heteroatoms. The summed E-state index contributed by atoms with van der Waals surface area (Å²) in [5.41, 5.74) is 0.734. The van der Waals surface area contributed by atoms with Crippen LogP contribution < -0.4 is 14.6 Å². The molecule has 0 aromatic heterocycles. The van der Waals surface area contributed by atoms with Gasteiger partial charge in [0, 0.05) is 12.1 Å². The van der Waals surface area contributed by atoms with E-state index in [0.717, 1.165) is 5.56 Å². The van der Waals surface area contributed by atoms with E-state index < -0.39 is 12.6 Å². The van der Waals surface area contributed by atoms with Gasteiger partial charge in [0.25, 0.3) is 5.91 Å². The number of hydrogen-bond donors (Lipinski definition) is 0. The van der Waals surface area contributed by atoms with E-state index in [0.29, 0.717) is 21.6 Å². The Labute approximate surface area is 163 Å². The zero-order chi connectivity index (χ0) is 20.1. The molecule has 0 aliphatic carbocycles. The Hall–Kier alpha value is -2.48. The summed E-state index contributed by atoms with van der Waals surface area (Å²) in [6.45, 7) is 7.26. The van der Waals surface area contributed by atoms with Crippen LogP contribution in [-0.2, 0) is 9.59 Å². The number of carbonyl (C=O) groups is 2. The topological polar surface area (TPSA) is 91.3 Å². The molecule has 7 nitrogen and oxygen atoms in total. The highest BCUT2D eigenvalue weighted by molar-refractivity contribution is 8.18.